The molecule has 0 radical (unpaired) electrons. The molecule has 0 saturated carbocycles. The number of carbonyl (C=O) groups excluding carboxylic acids is 1. The van der Waals surface area contributed by atoms with Crippen molar-refractivity contribution in [3.8, 4) is 0 Å². The number of pyridine rings is 1. The molecule has 1 amide bonds. The Morgan fingerprint density at radius 3 is 2.88 bits per heavy atom. The average molecular weight is 350 g/mol. The molecule has 0 atom stereocenters. The van der Waals surface area contributed by atoms with Gasteiger partial charge < -0.3 is 4.98 Å². The molecule has 2 heterocycles. The van der Waals surface area contributed by atoms with E-state index in [2.05, 4.69) is 20.5 Å². The Balaban J connectivity index is 1.95. The summed E-state index contributed by atoms with van der Waals surface area (Å²) in [4.78, 5) is 27.1. The van der Waals surface area contributed by atoms with Gasteiger partial charge in [0.15, 0.2) is 0 Å². The number of fused-ring (bicyclic) bond motifs is 1. The van der Waals surface area contributed by atoms with Crippen LogP contribution in [0.4, 0.5) is 13.9 Å². The number of hydrogen-bond donors (Lipinski definition) is 2. The highest BCUT2D eigenvalue weighted by Crippen LogP contribution is 2.18. The zero-order chi connectivity index (χ0) is 17.3. The highest BCUT2D eigenvalue weighted by molar-refractivity contribution is 7.15. The van der Waals surface area contributed by atoms with Crippen LogP contribution in [0.2, 0.25) is 0 Å². The molecule has 0 bridgehead atoms. The molecule has 2 aromatic heterocycles. The molecule has 0 saturated heterocycles. The molecule has 124 valence electrons. The van der Waals surface area contributed by atoms with Crippen LogP contribution in [0.3, 0.4) is 0 Å². The van der Waals surface area contributed by atoms with Crippen LogP contribution in [0.1, 0.15) is 28.7 Å². The number of aryl methyl sites for hydroxylation is 1. The second-order valence-electron chi connectivity index (χ2n) is 5.05. The van der Waals surface area contributed by atoms with Crippen molar-refractivity contribution < 1.29 is 13.6 Å². The lowest BCUT2D eigenvalue weighted by molar-refractivity contribution is 0.102. The first kappa shape index (κ1) is 16.2. The zero-order valence-corrected chi connectivity index (χ0v) is 13.3. The molecule has 0 aliphatic heterocycles. The Morgan fingerprint density at radius 1 is 1.33 bits per heavy atom. The minimum atomic E-state index is -1.03. The topological polar surface area (TPSA) is 87.7 Å². The molecule has 6 nitrogen and oxygen atoms in total. The van der Waals surface area contributed by atoms with Gasteiger partial charge in [0.25, 0.3) is 5.91 Å². The van der Waals surface area contributed by atoms with Gasteiger partial charge in [-0.15, -0.1) is 10.2 Å². The highest BCUT2D eigenvalue weighted by Gasteiger charge is 2.18. The van der Waals surface area contributed by atoms with E-state index in [0.29, 0.717) is 6.07 Å². The number of aromatic nitrogens is 3. The number of carbonyl (C=O) groups is 1. The van der Waals surface area contributed by atoms with Gasteiger partial charge in [0.2, 0.25) is 10.6 Å². The summed E-state index contributed by atoms with van der Waals surface area (Å²) in [6.45, 7) is 1.99. The number of nitrogens with zero attached hydrogens (tertiary/aromatic N) is 2. The van der Waals surface area contributed by atoms with E-state index in [-0.39, 0.29) is 21.6 Å². The maximum absolute atomic E-state index is 13.9. The molecule has 0 unspecified atom stereocenters. The van der Waals surface area contributed by atoms with E-state index in [1.54, 1.807) is 0 Å². The predicted octanol–water partition coefficient (Wildman–Crippen LogP) is 2.86. The molecule has 0 aliphatic rings. The first-order chi connectivity index (χ1) is 11.5. The Morgan fingerprint density at radius 2 is 2.12 bits per heavy atom. The summed E-state index contributed by atoms with van der Waals surface area (Å²) in [7, 11) is 0. The summed E-state index contributed by atoms with van der Waals surface area (Å²) in [5, 5.41) is 10.9. The summed E-state index contributed by atoms with van der Waals surface area (Å²) in [6, 6.07) is 1.59. The van der Waals surface area contributed by atoms with Gasteiger partial charge in [-0.05, 0) is 12.5 Å². The van der Waals surface area contributed by atoms with E-state index in [4.69, 9.17) is 0 Å². The number of hydrogen-bond acceptors (Lipinski definition) is 5. The lowest BCUT2D eigenvalue weighted by atomic mass is 10.1. The second kappa shape index (κ2) is 6.44. The van der Waals surface area contributed by atoms with Crippen molar-refractivity contribution in [3.05, 3.63) is 50.8 Å². The van der Waals surface area contributed by atoms with Crippen LogP contribution in [0.5, 0.6) is 0 Å². The fourth-order valence-corrected chi connectivity index (χ4v) is 3.06. The van der Waals surface area contributed by atoms with Gasteiger partial charge in [-0.2, -0.15) is 0 Å². The standard InChI is InChI=1S/C15H12F2N4O2S/c1-2-3-11-20-21-15(24-11)19-14(23)8-6-18-10-5-7(16)4-9(17)12(10)13(8)22/h4-6H,2-3H2,1H3,(H,18,22)(H,19,21,23). The largest absolute Gasteiger partial charge is 0.360 e. The number of halogens is 2. The van der Waals surface area contributed by atoms with Gasteiger partial charge in [-0.3, -0.25) is 14.9 Å². The number of H-pyrrole nitrogens is 1. The molecule has 1 aromatic carbocycles. The van der Waals surface area contributed by atoms with Gasteiger partial charge in [-0.1, -0.05) is 18.3 Å². The van der Waals surface area contributed by atoms with Crippen molar-refractivity contribution in [1.82, 2.24) is 15.2 Å². The molecular weight excluding hydrogens is 338 g/mol. The fraction of sp³-hybridized carbons (Fsp3) is 0.200. The van der Waals surface area contributed by atoms with Gasteiger partial charge in [-0.25, -0.2) is 8.78 Å². The monoisotopic (exact) mass is 350 g/mol. The fourth-order valence-electron chi connectivity index (χ4n) is 2.22. The number of nitrogens with one attached hydrogen (secondary N) is 2. The maximum atomic E-state index is 13.9. The number of anilines is 1. The second-order valence-corrected chi connectivity index (χ2v) is 6.11. The summed E-state index contributed by atoms with van der Waals surface area (Å²) in [5.74, 6) is -2.58. The van der Waals surface area contributed by atoms with Crippen molar-refractivity contribution in [2.45, 2.75) is 19.8 Å². The molecule has 0 fully saturated rings. The van der Waals surface area contributed by atoms with Crippen molar-refractivity contribution in [1.29, 1.82) is 0 Å². The lowest BCUT2D eigenvalue weighted by Gasteiger charge is -2.04. The molecule has 3 aromatic rings. The molecule has 0 aliphatic carbocycles. The van der Waals surface area contributed by atoms with Crippen LogP contribution in [0, 0.1) is 11.6 Å². The van der Waals surface area contributed by atoms with E-state index in [1.807, 2.05) is 6.92 Å². The van der Waals surface area contributed by atoms with Crippen LogP contribution in [0.25, 0.3) is 10.9 Å². The zero-order valence-electron chi connectivity index (χ0n) is 12.5. The lowest BCUT2D eigenvalue weighted by Crippen LogP contribution is -2.22. The molecule has 2 N–H and O–H groups in total. The Hall–Kier alpha value is -2.68. The number of aromatic amines is 1. The normalized spacial score (nSPS) is 11.0. The summed E-state index contributed by atoms with van der Waals surface area (Å²) in [5.41, 5.74) is -1.13. The number of benzene rings is 1. The van der Waals surface area contributed by atoms with Crippen LogP contribution in [0.15, 0.2) is 23.1 Å². The third-order valence-electron chi connectivity index (χ3n) is 3.29. The first-order valence-corrected chi connectivity index (χ1v) is 7.95. The van der Waals surface area contributed by atoms with Crippen molar-refractivity contribution >= 4 is 33.3 Å². The number of rotatable bonds is 4. The molecule has 9 heteroatoms. The predicted molar refractivity (Wildman–Crippen MR) is 86.3 cm³/mol. The van der Waals surface area contributed by atoms with Crippen molar-refractivity contribution in [2.75, 3.05) is 5.32 Å². The van der Waals surface area contributed by atoms with Crippen LogP contribution >= 0.6 is 11.3 Å². The minimum absolute atomic E-state index is 0.0183. The van der Waals surface area contributed by atoms with Crippen molar-refractivity contribution in [3.63, 3.8) is 0 Å². The van der Waals surface area contributed by atoms with Gasteiger partial charge >= 0.3 is 0 Å². The van der Waals surface area contributed by atoms with E-state index in [9.17, 15) is 18.4 Å². The Labute approximate surface area is 138 Å². The average Bonchev–Trinajstić information content (AvgIpc) is 2.94. The maximum Gasteiger partial charge on any atom is 0.262 e. The van der Waals surface area contributed by atoms with E-state index in [0.717, 1.165) is 30.1 Å². The quantitative estimate of drug-likeness (QED) is 0.757. The third-order valence-corrected chi connectivity index (χ3v) is 4.19. The van der Waals surface area contributed by atoms with Crippen LogP contribution < -0.4 is 10.7 Å². The van der Waals surface area contributed by atoms with E-state index >= 15 is 0 Å². The molecule has 3 rings (SSSR count). The van der Waals surface area contributed by atoms with Gasteiger partial charge in [0.05, 0.1) is 10.9 Å². The van der Waals surface area contributed by atoms with Gasteiger partial charge in [0.1, 0.15) is 22.2 Å². The smallest absolute Gasteiger partial charge is 0.262 e. The van der Waals surface area contributed by atoms with E-state index < -0.39 is 23.0 Å². The van der Waals surface area contributed by atoms with Crippen molar-refractivity contribution in [2.24, 2.45) is 0 Å². The SMILES string of the molecule is CCCc1nnc(NC(=O)c2c[nH]c3cc(F)cc(F)c3c2=O)s1. The highest BCUT2D eigenvalue weighted by atomic mass is 32.1. The number of amides is 1. The Kier molecular flexibility index (Phi) is 4.34. The molecular formula is C15H12F2N4O2S. The van der Waals surface area contributed by atoms with Crippen LogP contribution in [-0.2, 0) is 6.42 Å². The van der Waals surface area contributed by atoms with Gasteiger partial charge in [0, 0.05) is 18.7 Å². The summed E-state index contributed by atoms with van der Waals surface area (Å²) in [6.07, 6.45) is 2.75. The summed E-state index contributed by atoms with van der Waals surface area (Å²) < 4.78 is 27.0. The molecule has 0 spiro atoms. The Bertz CT molecular complexity index is 983. The third kappa shape index (κ3) is 3.02. The van der Waals surface area contributed by atoms with Crippen LogP contribution in [-0.4, -0.2) is 21.1 Å². The molecule has 24 heavy (non-hydrogen) atoms. The first-order valence-electron chi connectivity index (χ1n) is 7.13. The van der Waals surface area contributed by atoms with E-state index in [1.165, 1.54) is 11.3 Å². The minimum Gasteiger partial charge on any atom is -0.360 e. The summed E-state index contributed by atoms with van der Waals surface area (Å²) >= 11 is 1.20.